The van der Waals surface area contributed by atoms with Crippen LogP contribution in [0, 0.1) is 0 Å². The first kappa shape index (κ1) is 16.0. The average molecular weight is 352 g/mol. The van der Waals surface area contributed by atoms with E-state index in [2.05, 4.69) is 25.7 Å². The molecule has 1 fully saturated rings. The fraction of sp³-hybridized carbons (Fsp3) is 0.400. The number of rotatable bonds is 3. The molecule has 1 aromatic carbocycles. The number of amides is 2. The van der Waals surface area contributed by atoms with Crippen LogP contribution in [-0.4, -0.2) is 29.3 Å². The van der Waals surface area contributed by atoms with E-state index in [-0.39, 0.29) is 6.03 Å². The zero-order valence-electron chi connectivity index (χ0n) is 12.6. The number of nitrogens with zero attached hydrogens (tertiary/aromatic N) is 3. The summed E-state index contributed by atoms with van der Waals surface area (Å²) in [5, 5.41) is 15.7. The minimum absolute atomic E-state index is 0.342. The van der Waals surface area contributed by atoms with Crippen molar-refractivity contribution < 1.29 is 4.79 Å². The lowest BCUT2D eigenvalue weighted by Gasteiger charge is -2.17. The van der Waals surface area contributed by atoms with Gasteiger partial charge in [-0.3, -0.25) is 5.32 Å². The number of carbonyl (C=O) groups is 1. The molecule has 2 amide bonds. The lowest BCUT2D eigenvalue weighted by molar-refractivity contribution is 0.262. The van der Waals surface area contributed by atoms with Gasteiger partial charge in [-0.15, -0.1) is 10.2 Å². The summed E-state index contributed by atoms with van der Waals surface area (Å²) in [5.41, 5.74) is 0.671. The summed E-state index contributed by atoms with van der Waals surface area (Å²) in [7, 11) is 0. The highest BCUT2D eigenvalue weighted by molar-refractivity contribution is 7.19. The second-order valence-corrected chi connectivity index (χ2v) is 6.77. The molecule has 0 unspecified atom stereocenters. The number of hydrogen-bond donors (Lipinski definition) is 2. The highest BCUT2D eigenvalue weighted by Gasteiger charge is 2.15. The van der Waals surface area contributed by atoms with E-state index in [9.17, 15) is 4.79 Å². The molecule has 0 aliphatic carbocycles. The molecule has 0 bridgehead atoms. The number of hydrogen-bond acceptors (Lipinski definition) is 5. The van der Waals surface area contributed by atoms with Crippen molar-refractivity contribution in [2.75, 3.05) is 28.6 Å². The molecule has 2 aromatic rings. The Labute approximate surface area is 143 Å². The molecule has 0 radical (unpaired) electrons. The van der Waals surface area contributed by atoms with Gasteiger partial charge in [0.2, 0.25) is 10.3 Å². The van der Waals surface area contributed by atoms with Crippen LogP contribution in [0.25, 0.3) is 0 Å². The van der Waals surface area contributed by atoms with Gasteiger partial charge in [0.1, 0.15) is 0 Å². The van der Waals surface area contributed by atoms with Gasteiger partial charge in [-0.05, 0) is 37.1 Å². The second kappa shape index (κ2) is 7.61. The van der Waals surface area contributed by atoms with E-state index in [1.54, 1.807) is 24.3 Å². The summed E-state index contributed by atoms with van der Waals surface area (Å²) in [6.45, 7) is 2.01. The zero-order chi connectivity index (χ0) is 16.1. The van der Waals surface area contributed by atoms with Gasteiger partial charge in [0, 0.05) is 23.8 Å². The molecule has 0 spiro atoms. The van der Waals surface area contributed by atoms with Crippen LogP contribution in [0.15, 0.2) is 24.3 Å². The predicted molar refractivity (Wildman–Crippen MR) is 94.7 cm³/mol. The van der Waals surface area contributed by atoms with Crippen LogP contribution < -0.4 is 15.5 Å². The van der Waals surface area contributed by atoms with Gasteiger partial charge in [0.15, 0.2) is 0 Å². The van der Waals surface area contributed by atoms with Gasteiger partial charge in [-0.25, -0.2) is 4.79 Å². The lowest BCUT2D eigenvalue weighted by atomic mass is 10.2. The highest BCUT2D eigenvalue weighted by atomic mass is 35.5. The first-order valence-electron chi connectivity index (χ1n) is 7.63. The predicted octanol–water partition coefficient (Wildman–Crippen LogP) is 4.22. The van der Waals surface area contributed by atoms with E-state index < -0.39 is 0 Å². The van der Waals surface area contributed by atoms with E-state index >= 15 is 0 Å². The first-order valence-corrected chi connectivity index (χ1v) is 8.82. The molecule has 8 heteroatoms. The van der Waals surface area contributed by atoms with Crippen molar-refractivity contribution in [2.45, 2.75) is 25.7 Å². The van der Waals surface area contributed by atoms with E-state index in [4.69, 9.17) is 11.6 Å². The van der Waals surface area contributed by atoms with Crippen LogP contribution in [0.5, 0.6) is 0 Å². The molecule has 3 rings (SSSR count). The normalized spacial score (nSPS) is 15.1. The minimum atomic E-state index is -0.342. The van der Waals surface area contributed by atoms with Crippen LogP contribution in [-0.2, 0) is 0 Å². The number of anilines is 3. The maximum atomic E-state index is 12.0. The summed E-state index contributed by atoms with van der Waals surface area (Å²) in [6, 6.07) is 6.58. The quantitative estimate of drug-likeness (QED) is 0.868. The summed E-state index contributed by atoms with van der Waals surface area (Å²) in [6.07, 6.45) is 4.90. The molecule has 1 saturated heterocycles. The maximum absolute atomic E-state index is 12.0. The van der Waals surface area contributed by atoms with Crippen molar-refractivity contribution in [1.82, 2.24) is 10.2 Å². The Kier molecular flexibility index (Phi) is 5.30. The molecule has 23 heavy (non-hydrogen) atoms. The number of carbonyl (C=O) groups excluding carboxylic acids is 1. The molecule has 0 saturated carbocycles. The monoisotopic (exact) mass is 351 g/mol. The van der Waals surface area contributed by atoms with Crippen molar-refractivity contribution in [1.29, 1.82) is 0 Å². The van der Waals surface area contributed by atoms with Crippen LogP contribution in [0.1, 0.15) is 25.7 Å². The number of aromatic nitrogens is 2. The third kappa shape index (κ3) is 4.56. The standard InChI is InChI=1S/C15H18ClN5OS/c16-11-5-7-12(8-6-11)17-13(22)18-14-19-20-15(23-14)21-9-3-1-2-4-10-21/h5-8H,1-4,9-10H2,(H2,17,18,19,22). The zero-order valence-corrected chi connectivity index (χ0v) is 14.2. The number of halogens is 1. The van der Waals surface area contributed by atoms with Gasteiger partial charge in [0.25, 0.3) is 0 Å². The molecule has 2 N–H and O–H groups in total. The third-order valence-electron chi connectivity index (χ3n) is 3.61. The minimum Gasteiger partial charge on any atom is -0.347 e. The summed E-state index contributed by atoms with van der Waals surface area (Å²) < 4.78 is 0. The molecular formula is C15H18ClN5OS. The molecule has 1 aliphatic rings. The third-order valence-corrected chi connectivity index (χ3v) is 4.76. The van der Waals surface area contributed by atoms with E-state index in [0.29, 0.717) is 15.8 Å². The summed E-state index contributed by atoms with van der Waals surface area (Å²) >= 11 is 7.22. The van der Waals surface area contributed by atoms with Crippen molar-refractivity contribution in [3.63, 3.8) is 0 Å². The van der Waals surface area contributed by atoms with Gasteiger partial charge < -0.3 is 10.2 Å². The average Bonchev–Trinajstić information content (AvgIpc) is 2.83. The number of urea groups is 1. The van der Waals surface area contributed by atoms with Crippen LogP contribution in [0.3, 0.4) is 0 Å². The largest absolute Gasteiger partial charge is 0.347 e. The van der Waals surface area contributed by atoms with Crippen molar-refractivity contribution in [2.24, 2.45) is 0 Å². The molecule has 1 aromatic heterocycles. The molecular weight excluding hydrogens is 334 g/mol. The number of nitrogens with one attached hydrogen (secondary N) is 2. The Morgan fingerprint density at radius 1 is 1.04 bits per heavy atom. The van der Waals surface area contributed by atoms with Gasteiger partial charge in [-0.1, -0.05) is 35.8 Å². The van der Waals surface area contributed by atoms with Crippen LogP contribution in [0.2, 0.25) is 5.02 Å². The van der Waals surface area contributed by atoms with E-state index in [0.717, 1.165) is 18.2 Å². The van der Waals surface area contributed by atoms with Crippen molar-refractivity contribution in [3.8, 4) is 0 Å². The Hall–Kier alpha value is -1.86. The Bertz CT molecular complexity index is 652. The fourth-order valence-electron chi connectivity index (χ4n) is 2.45. The van der Waals surface area contributed by atoms with Crippen LogP contribution >= 0.6 is 22.9 Å². The Balaban J connectivity index is 1.57. The van der Waals surface area contributed by atoms with Crippen molar-refractivity contribution in [3.05, 3.63) is 29.3 Å². The van der Waals surface area contributed by atoms with Crippen LogP contribution in [0.4, 0.5) is 20.7 Å². The smallest absolute Gasteiger partial charge is 0.325 e. The first-order chi connectivity index (χ1) is 11.2. The van der Waals surface area contributed by atoms with Gasteiger partial charge in [-0.2, -0.15) is 0 Å². The van der Waals surface area contributed by atoms with Gasteiger partial charge in [0.05, 0.1) is 0 Å². The summed E-state index contributed by atoms with van der Waals surface area (Å²) in [5.74, 6) is 0. The maximum Gasteiger partial charge on any atom is 0.325 e. The Morgan fingerprint density at radius 3 is 2.43 bits per heavy atom. The Morgan fingerprint density at radius 2 is 1.74 bits per heavy atom. The molecule has 0 atom stereocenters. The highest BCUT2D eigenvalue weighted by Crippen LogP contribution is 2.26. The SMILES string of the molecule is O=C(Nc1ccc(Cl)cc1)Nc1nnc(N2CCCCCC2)s1. The van der Waals surface area contributed by atoms with Gasteiger partial charge >= 0.3 is 6.03 Å². The van der Waals surface area contributed by atoms with E-state index in [1.807, 2.05) is 0 Å². The van der Waals surface area contributed by atoms with E-state index in [1.165, 1.54) is 37.0 Å². The lowest BCUT2D eigenvalue weighted by Crippen LogP contribution is -2.23. The molecule has 1 aliphatic heterocycles. The molecule has 6 nitrogen and oxygen atoms in total. The second-order valence-electron chi connectivity index (χ2n) is 5.38. The fourth-order valence-corrected chi connectivity index (χ4v) is 3.37. The number of benzene rings is 1. The molecule has 122 valence electrons. The van der Waals surface area contributed by atoms with Crippen molar-refractivity contribution >= 4 is 44.9 Å². The topological polar surface area (TPSA) is 70.1 Å². The summed E-state index contributed by atoms with van der Waals surface area (Å²) in [4.78, 5) is 14.2. The molecule has 2 heterocycles.